The standard InChI is InChI=1S/C36H37Cl2N5O5.FH.K/c1-22-16-30(33(38)34(45)42(22)20-24-11-8-9-13-29(24)47-5)48-21-25-12-7-6-10-23(25)19-39-35(46)40-32-18-31(36(2,3)4)41-43(32)26-14-15-27(37)28(44)17-26;;/h6-18,44H,19-21H2,1-5H3,(H2,39,40,46);1H;/q;;+1/p-1. The quantitative estimate of drug-likeness (QED) is 0.187. The van der Waals surface area contributed by atoms with Crippen molar-refractivity contribution in [2.45, 2.75) is 52.8 Å². The van der Waals surface area contributed by atoms with Crippen LogP contribution in [0.25, 0.3) is 5.69 Å². The summed E-state index contributed by atoms with van der Waals surface area (Å²) >= 11 is 12.5. The van der Waals surface area contributed by atoms with Crippen molar-refractivity contribution in [3.05, 3.63) is 127 Å². The first kappa shape index (κ1) is 41.1. The van der Waals surface area contributed by atoms with E-state index in [9.17, 15) is 14.7 Å². The first-order valence-electron chi connectivity index (χ1n) is 15.2. The number of hydrogen-bond acceptors (Lipinski definition) is 6. The smallest absolute Gasteiger partial charge is 1.00 e. The van der Waals surface area contributed by atoms with Gasteiger partial charge in [0.15, 0.2) is 0 Å². The SMILES string of the molecule is COc1ccccc1Cn1c(C)cc(OCc2ccccc2CNC(=O)Nc2cc(C(C)(C)C)nn2-c2ccc(Cl)c(O)c2)c(Cl)c1=O.[F-].[K+]. The zero-order chi connectivity index (χ0) is 34.6. The van der Waals surface area contributed by atoms with E-state index in [1.807, 2.05) is 76.2 Å². The maximum atomic E-state index is 13.3. The molecule has 0 aliphatic rings. The number of methoxy groups -OCH3 is 1. The number of carbonyl (C=O) groups is 1. The molecule has 2 heterocycles. The fourth-order valence-corrected chi connectivity index (χ4v) is 5.38. The van der Waals surface area contributed by atoms with Crippen LogP contribution in [-0.2, 0) is 25.1 Å². The Labute approximate surface area is 342 Å². The van der Waals surface area contributed by atoms with Gasteiger partial charge < -0.3 is 29.2 Å². The van der Waals surface area contributed by atoms with Crippen LogP contribution in [0.5, 0.6) is 17.2 Å². The molecule has 50 heavy (non-hydrogen) atoms. The number of amides is 2. The number of benzene rings is 3. The normalized spacial score (nSPS) is 10.9. The van der Waals surface area contributed by atoms with Crippen molar-refractivity contribution in [3.8, 4) is 22.9 Å². The summed E-state index contributed by atoms with van der Waals surface area (Å²) in [5, 5.41) is 20.8. The Morgan fingerprint density at radius 1 is 0.940 bits per heavy atom. The second-order valence-corrected chi connectivity index (χ2v) is 13.0. The van der Waals surface area contributed by atoms with E-state index < -0.39 is 6.03 Å². The molecule has 0 atom stereocenters. The van der Waals surface area contributed by atoms with Gasteiger partial charge in [0.2, 0.25) is 0 Å². The summed E-state index contributed by atoms with van der Waals surface area (Å²) in [6, 6.07) is 22.8. The summed E-state index contributed by atoms with van der Waals surface area (Å²) in [5.74, 6) is 1.27. The average molecular weight is 749 g/mol. The van der Waals surface area contributed by atoms with Crippen LogP contribution in [0.15, 0.2) is 83.7 Å². The van der Waals surface area contributed by atoms with Crippen molar-refractivity contribution in [2.24, 2.45) is 0 Å². The predicted octanol–water partition coefficient (Wildman–Crippen LogP) is 1.62. The van der Waals surface area contributed by atoms with E-state index in [1.54, 1.807) is 40.6 Å². The molecule has 5 aromatic rings. The maximum absolute atomic E-state index is 13.3. The number of para-hydroxylation sites is 1. The van der Waals surface area contributed by atoms with Crippen molar-refractivity contribution in [2.75, 3.05) is 12.4 Å². The molecule has 0 spiro atoms. The molecule has 14 heteroatoms. The Kier molecular flexibility index (Phi) is 14.6. The van der Waals surface area contributed by atoms with E-state index in [4.69, 9.17) is 32.7 Å². The number of pyridine rings is 1. The van der Waals surface area contributed by atoms with Gasteiger partial charge in [-0.25, -0.2) is 9.48 Å². The number of aryl methyl sites for hydroxylation is 1. The van der Waals surface area contributed by atoms with Crippen molar-refractivity contribution >= 4 is 35.1 Å². The topological polar surface area (TPSA) is 120 Å². The Balaban J connectivity index is 0.00000338. The number of urea groups is 1. The molecule has 0 fully saturated rings. The molecule has 5 rings (SSSR count). The van der Waals surface area contributed by atoms with Gasteiger partial charge in [0, 0.05) is 41.4 Å². The number of anilines is 1. The second kappa shape index (κ2) is 17.7. The van der Waals surface area contributed by atoms with Crippen molar-refractivity contribution in [1.82, 2.24) is 19.7 Å². The third-order valence-electron chi connectivity index (χ3n) is 7.77. The number of carbonyl (C=O) groups excluding carboxylic acids is 1. The summed E-state index contributed by atoms with van der Waals surface area (Å²) in [6.45, 7) is 8.49. The summed E-state index contributed by atoms with van der Waals surface area (Å²) in [7, 11) is 1.59. The number of hydrogen-bond donors (Lipinski definition) is 3. The zero-order valence-electron chi connectivity index (χ0n) is 28.7. The van der Waals surface area contributed by atoms with Gasteiger partial charge in [0.05, 0.1) is 30.1 Å². The molecule has 3 N–H and O–H groups in total. The van der Waals surface area contributed by atoms with E-state index in [-0.39, 0.29) is 102 Å². The van der Waals surface area contributed by atoms with Gasteiger partial charge in [0.1, 0.15) is 34.7 Å². The molecule has 10 nitrogen and oxygen atoms in total. The van der Waals surface area contributed by atoms with E-state index in [0.717, 1.165) is 22.4 Å². The summed E-state index contributed by atoms with van der Waals surface area (Å²) in [5.41, 5.74) is 3.77. The van der Waals surface area contributed by atoms with Crippen LogP contribution in [0.4, 0.5) is 10.6 Å². The number of phenolic OH excluding ortho intramolecular Hbond substituents is 1. The van der Waals surface area contributed by atoms with Crippen LogP contribution >= 0.6 is 23.2 Å². The minimum atomic E-state index is -0.456. The summed E-state index contributed by atoms with van der Waals surface area (Å²) in [4.78, 5) is 26.4. The van der Waals surface area contributed by atoms with Gasteiger partial charge in [-0.05, 0) is 36.2 Å². The number of nitrogens with zero attached hydrogens (tertiary/aromatic N) is 3. The molecule has 0 radical (unpaired) electrons. The van der Waals surface area contributed by atoms with Crippen LogP contribution in [0.1, 0.15) is 48.8 Å². The number of aromatic nitrogens is 3. The molecule has 0 aliphatic heterocycles. The first-order chi connectivity index (χ1) is 22.8. The molecule has 3 aromatic carbocycles. The van der Waals surface area contributed by atoms with E-state index in [1.165, 1.54) is 6.07 Å². The van der Waals surface area contributed by atoms with E-state index in [2.05, 4.69) is 15.7 Å². The third-order valence-corrected chi connectivity index (χ3v) is 8.44. The third kappa shape index (κ3) is 9.69. The molecule has 0 saturated carbocycles. The fourth-order valence-electron chi connectivity index (χ4n) is 5.05. The number of phenols is 1. The molecular formula is C36H37Cl2FKN5O5. The first-order valence-corrected chi connectivity index (χ1v) is 16.0. The van der Waals surface area contributed by atoms with Crippen LogP contribution < -0.4 is 81.8 Å². The Morgan fingerprint density at radius 3 is 2.26 bits per heavy atom. The van der Waals surface area contributed by atoms with Gasteiger partial charge in [-0.3, -0.25) is 10.1 Å². The molecule has 0 aliphatic carbocycles. The number of aromatic hydroxyl groups is 1. The van der Waals surface area contributed by atoms with Gasteiger partial charge >= 0.3 is 57.4 Å². The number of ether oxygens (including phenoxy) is 2. The number of rotatable bonds is 10. The minimum absolute atomic E-state index is 0. The van der Waals surface area contributed by atoms with Crippen molar-refractivity contribution < 1.29 is 75.5 Å². The van der Waals surface area contributed by atoms with Crippen LogP contribution in [0.3, 0.4) is 0 Å². The van der Waals surface area contributed by atoms with Crippen molar-refractivity contribution in [1.29, 1.82) is 0 Å². The number of nitrogens with one attached hydrogen (secondary N) is 2. The Bertz CT molecular complexity index is 2030. The average Bonchev–Trinajstić information content (AvgIpc) is 3.49. The van der Waals surface area contributed by atoms with Gasteiger partial charge in [-0.15, -0.1) is 0 Å². The zero-order valence-corrected chi connectivity index (χ0v) is 33.3. The van der Waals surface area contributed by atoms with Gasteiger partial charge in [-0.1, -0.05) is 86.4 Å². The molecular weight excluding hydrogens is 711 g/mol. The molecule has 0 saturated heterocycles. The van der Waals surface area contributed by atoms with E-state index >= 15 is 0 Å². The second-order valence-electron chi connectivity index (χ2n) is 12.2. The molecule has 258 valence electrons. The summed E-state index contributed by atoms with van der Waals surface area (Å²) < 4.78 is 14.6. The van der Waals surface area contributed by atoms with Gasteiger partial charge in [-0.2, -0.15) is 5.10 Å². The fraction of sp³-hybridized carbons (Fsp3) is 0.250. The Hall–Kier alpha value is -3.36. The summed E-state index contributed by atoms with van der Waals surface area (Å²) in [6.07, 6.45) is 0. The molecule has 0 bridgehead atoms. The van der Waals surface area contributed by atoms with Crippen LogP contribution in [0, 0.1) is 6.92 Å². The monoisotopic (exact) mass is 747 g/mol. The maximum Gasteiger partial charge on any atom is 1.00 e. The predicted molar refractivity (Wildman–Crippen MR) is 188 cm³/mol. The number of halogens is 3. The van der Waals surface area contributed by atoms with Crippen molar-refractivity contribution in [3.63, 3.8) is 0 Å². The Morgan fingerprint density at radius 2 is 1.60 bits per heavy atom. The minimum Gasteiger partial charge on any atom is -1.00 e. The van der Waals surface area contributed by atoms with E-state index in [0.29, 0.717) is 29.5 Å². The van der Waals surface area contributed by atoms with Gasteiger partial charge in [0.25, 0.3) is 5.56 Å². The van der Waals surface area contributed by atoms with Crippen LogP contribution in [0.2, 0.25) is 10.0 Å². The van der Waals surface area contributed by atoms with Crippen LogP contribution in [-0.4, -0.2) is 32.6 Å². The molecule has 2 aromatic heterocycles. The largest absolute Gasteiger partial charge is 1.00 e. The molecule has 2 amide bonds. The molecule has 0 unspecified atom stereocenters.